The zero-order valence-corrected chi connectivity index (χ0v) is 14.4. The maximum absolute atomic E-state index is 12.7. The zero-order chi connectivity index (χ0) is 21.5. The highest BCUT2D eigenvalue weighted by Gasteiger charge is 2.26. The van der Waals surface area contributed by atoms with E-state index in [1.807, 2.05) is 0 Å². The predicted molar refractivity (Wildman–Crippen MR) is 86.5 cm³/mol. The maximum Gasteiger partial charge on any atom is 0.390 e. The molecule has 0 aliphatic carbocycles. The number of rotatable bonds is 5. The summed E-state index contributed by atoms with van der Waals surface area (Å²) in [5.41, 5.74) is -0.834. The number of nitrogens with one attached hydrogen (secondary N) is 1. The van der Waals surface area contributed by atoms with Gasteiger partial charge in [0.2, 0.25) is 0 Å². The Morgan fingerprint density at radius 2 is 1.50 bits per heavy atom. The fraction of sp³-hybridized carbons (Fsp3) is 0.200. The lowest BCUT2D eigenvalue weighted by molar-refractivity contribution is -0.131. The topological polar surface area (TPSA) is 112 Å². The predicted octanol–water partition coefficient (Wildman–Crippen LogP) is 3.86. The summed E-state index contributed by atoms with van der Waals surface area (Å²) in [6.45, 7) is -0.525. The van der Waals surface area contributed by atoms with E-state index in [1.165, 1.54) is 0 Å². The van der Waals surface area contributed by atoms with Crippen LogP contribution in [-0.2, 0) is 0 Å². The first-order valence-corrected chi connectivity index (χ1v) is 7.52. The molecular weight excluding hydrogens is 417 g/mol. The van der Waals surface area contributed by atoms with Gasteiger partial charge >= 0.3 is 18.1 Å². The van der Waals surface area contributed by atoms with Crippen molar-refractivity contribution in [2.24, 2.45) is 0 Å². The molecule has 0 aliphatic heterocycles. The second-order valence-electron chi connectivity index (χ2n) is 4.94. The summed E-state index contributed by atoms with van der Waals surface area (Å²) in [4.78, 5) is 27.6. The number of alkyl halides is 3. The van der Waals surface area contributed by atoms with Crippen molar-refractivity contribution in [1.82, 2.24) is 9.97 Å². The van der Waals surface area contributed by atoms with Crippen LogP contribution < -0.4 is 5.32 Å². The molecule has 0 atom stereocenters. The van der Waals surface area contributed by atoms with Crippen molar-refractivity contribution in [3.05, 3.63) is 52.4 Å². The van der Waals surface area contributed by atoms with E-state index in [0.717, 1.165) is 18.5 Å². The van der Waals surface area contributed by atoms with Gasteiger partial charge in [-0.25, -0.2) is 28.3 Å². The molecule has 152 valence electrons. The van der Waals surface area contributed by atoms with Gasteiger partial charge in [0.15, 0.2) is 0 Å². The minimum Gasteiger partial charge on any atom is -0.478 e. The normalized spacial score (nSPS) is 10.6. The van der Waals surface area contributed by atoms with Gasteiger partial charge in [0.25, 0.3) is 0 Å². The Bertz CT molecular complexity index is 864. The highest BCUT2D eigenvalue weighted by molar-refractivity contribution is 6.32. The molecule has 0 radical (unpaired) electrons. The van der Waals surface area contributed by atoms with E-state index in [-0.39, 0.29) is 16.5 Å². The number of aromatic nitrogens is 2. The molecule has 0 spiro atoms. The highest BCUT2D eigenvalue weighted by Crippen LogP contribution is 2.20. The van der Waals surface area contributed by atoms with E-state index in [4.69, 9.17) is 21.8 Å². The quantitative estimate of drug-likeness (QED) is 0.490. The van der Waals surface area contributed by atoms with Gasteiger partial charge < -0.3 is 15.5 Å². The Kier molecular flexibility index (Phi) is 8.04. The van der Waals surface area contributed by atoms with Crippen LogP contribution in [0, 0.1) is 11.6 Å². The Morgan fingerprint density at radius 1 is 1.00 bits per heavy atom. The van der Waals surface area contributed by atoms with Crippen LogP contribution in [0.15, 0.2) is 24.5 Å². The largest absolute Gasteiger partial charge is 0.478 e. The second-order valence-corrected chi connectivity index (χ2v) is 5.30. The van der Waals surface area contributed by atoms with Gasteiger partial charge in [-0.05, 0) is 12.1 Å². The van der Waals surface area contributed by atoms with Crippen LogP contribution >= 0.6 is 11.6 Å². The van der Waals surface area contributed by atoms with E-state index >= 15 is 0 Å². The number of pyridine rings is 2. The van der Waals surface area contributed by atoms with Gasteiger partial charge in [0.05, 0.1) is 24.4 Å². The minimum absolute atomic E-state index is 0.209. The van der Waals surface area contributed by atoms with Crippen LogP contribution in [0.3, 0.4) is 0 Å². The Hall–Kier alpha value is -3.02. The zero-order valence-electron chi connectivity index (χ0n) is 13.6. The fourth-order valence-electron chi connectivity index (χ4n) is 1.64. The van der Waals surface area contributed by atoms with Crippen molar-refractivity contribution in [2.75, 3.05) is 11.9 Å². The van der Waals surface area contributed by atoms with Gasteiger partial charge in [-0.1, -0.05) is 11.6 Å². The standard InChI is InChI=1S/C9H8F4N2O2.C6H3ClFNO2/c10-5-3-6(8(16)17)7(15-4-5)14-2-1-9(11,12)13;7-5-4(6(10)11)1-3(8)2-9-5/h3-4H,1-2H2,(H,14,15)(H,16,17);1-2H,(H,10,11). The third kappa shape index (κ3) is 7.70. The lowest BCUT2D eigenvalue weighted by Gasteiger charge is -2.10. The second kappa shape index (κ2) is 9.78. The molecule has 0 fully saturated rings. The van der Waals surface area contributed by atoms with Crippen molar-refractivity contribution >= 4 is 29.4 Å². The van der Waals surface area contributed by atoms with E-state index in [1.54, 1.807) is 0 Å². The number of anilines is 1. The molecule has 3 N–H and O–H groups in total. The summed E-state index contributed by atoms with van der Waals surface area (Å²) in [6.07, 6.45) is -3.90. The van der Waals surface area contributed by atoms with Crippen molar-refractivity contribution < 1.29 is 41.8 Å². The molecule has 2 aromatic heterocycles. The first-order chi connectivity index (χ1) is 12.9. The average molecular weight is 428 g/mol. The van der Waals surface area contributed by atoms with Crippen LogP contribution in [0.4, 0.5) is 27.8 Å². The van der Waals surface area contributed by atoms with Crippen LogP contribution in [0.1, 0.15) is 27.1 Å². The summed E-state index contributed by atoms with van der Waals surface area (Å²) in [6, 6.07) is 1.50. The molecule has 2 heterocycles. The van der Waals surface area contributed by atoms with Gasteiger partial charge in [-0.2, -0.15) is 13.2 Å². The summed E-state index contributed by atoms with van der Waals surface area (Å²) < 4.78 is 60.5. The molecule has 7 nitrogen and oxygen atoms in total. The molecule has 0 unspecified atom stereocenters. The Balaban J connectivity index is 0.000000307. The van der Waals surface area contributed by atoms with Crippen LogP contribution in [0.2, 0.25) is 5.15 Å². The number of halogens is 6. The monoisotopic (exact) mass is 427 g/mol. The maximum atomic E-state index is 12.7. The van der Waals surface area contributed by atoms with E-state index < -0.39 is 48.3 Å². The molecule has 0 aliphatic rings. The van der Waals surface area contributed by atoms with Gasteiger partial charge in [0.1, 0.15) is 28.2 Å². The fourth-order valence-corrected chi connectivity index (χ4v) is 1.82. The highest BCUT2D eigenvalue weighted by atomic mass is 35.5. The third-order valence-corrected chi connectivity index (χ3v) is 3.12. The molecule has 0 bridgehead atoms. The third-order valence-electron chi connectivity index (χ3n) is 2.82. The molecule has 0 saturated heterocycles. The van der Waals surface area contributed by atoms with E-state index in [0.29, 0.717) is 6.07 Å². The van der Waals surface area contributed by atoms with Crippen LogP contribution in [-0.4, -0.2) is 44.8 Å². The minimum atomic E-state index is -4.35. The molecule has 0 aromatic carbocycles. The first-order valence-electron chi connectivity index (χ1n) is 7.14. The van der Waals surface area contributed by atoms with Crippen molar-refractivity contribution in [3.63, 3.8) is 0 Å². The lowest BCUT2D eigenvalue weighted by Crippen LogP contribution is -2.17. The molecular formula is C15H11ClF5N3O4. The summed E-state index contributed by atoms with van der Waals surface area (Å²) in [5.74, 6) is -4.63. The number of aromatic carboxylic acids is 2. The number of nitrogens with zero attached hydrogens (tertiary/aromatic N) is 2. The number of carbonyl (C=O) groups is 2. The molecule has 2 aromatic rings. The lowest BCUT2D eigenvalue weighted by atomic mass is 10.2. The number of hydrogen-bond acceptors (Lipinski definition) is 5. The summed E-state index contributed by atoms with van der Waals surface area (Å²) in [5, 5.41) is 19.1. The number of carboxylic acid groups (broad SMARTS) is 2. The first kappa shape index (κ1) is 23.0. The van der Waals surface area contributed by atoms with E-state index in [2.05, 4.69) is 15.3 Å². The van der Waals surface area contributed by atoms with Crippen molar-refractivity contribution in [2.45, 2.75) is 12.6 Å². The Labute approximate surface area is 158 Å². The van der Waals surface area contributed by atoms with Crippen molar-refractivity contribution in [3.8, 4) is 0 Å². The molecule has 13 heteroatoms. The van der Waals surface area contributed by atoms with Crippen LogP contribution in [0.5, 0.6) is 0 Å². The van der Waals surface area contributed by atoms with Gasteiger partial charge in [0, 0.05) is 6.54 Å². The SMILES string of the molecule is O=C(O)c1cc(F)cnc1Cl.O=C(O)c1cc(F)cnc1NCCC(F)(F)F. The van der Waals surface area contributed by atoms with Crippen LogP contribution in [0.25, 0.3) is 0 Å². The molecule has 28 heavy (non-hydrogen) atoms. The Morgan fingerprint density at radius 3 is 1.96 bits per heavy atom. The smallest absolute Gasteiger partial charge is 0.390 e. The van der Waals surface area contributed by atoms with Crippen molar-refractivity contribution in [1.29, 1.82) is 0 Å². The number of hydrogen-bond donors (Lipinski definition) is 3. The molecule has 2 rings (SSSR count). The molecule has 0 amide bonds. The summed E-state index contributed by atoms with van der Waals surface area (Å²) >= 11 is 5.33. The van der Waals surface area contributed by atoms with Gasteiger partial charge in [-0.15, -0.1) is 0 Å². The summed E-state index contributed by atoms with van der Waals surface area (Å²) in [7, 11) is 0. The number of carboxylic acids is 2. The molecule has 0 saturated carbocycles. The van der Waals surface area contributed by atoms with Gasteiger partial charge in [-0.3, -0.25) is 0 Å². The average Bonchev–Trinajstić information content (AvgIpc) is 2.57. The van der Waals surface area contributed by atoms with E-state index in [9.17, 15) is 31.5 Å².